The number of para-hydroxylation sites is 2. The fourth-order valence-electron chi connectivity index (χ4n) is 5.51. The maximum Gasteiger partial charge on any atom is 0.266 e. The number of rotatable bonds is 13. The van der Waals surface area contributed by atoms with Crippen molar-refractivity contribution in [2.45, 2.75) is 42.4 Å². The Balaban J connectivity index is 0.000000243. The third kappa shape index (κ3) is 15.1. The van der Waals surface area contributed by atoms with E-state index in [0.29, 0.717) is 44.8 Å². The van der Waals surface area contributed by atoms with Gasteiger partial charge in [0.1, 0.15) is 16.5 Å². The van der Waals surface area contributed by atoms with Crippen LogP contribution in [0.5, 0.6) is 0 Å². The zero-order valence-electron chi connectivity index (χ0n) is 33.7. The molecule has 63 heavy (non-hydrogen) atoms. The van der Waals surface area contributed by atoms with E-state index in [1.807, 2.05) is 6.92 Å². The highest BCUT2D eigenvalue weighted by Gasteiger charge is 2.22. The van der Waals surface area contributed by atoms with E-state index in [1.54, 1.807) is 103 Å². The minimum Gasteiger partial charge on any atom is -0.321 e. The van der Waals surface area contributed by atoms with Crippen molar-refractivity contribution in [3.63, 3.8) is 0 Å². The van der Waals surface area contributed by atoms with Crippen LogP contribution in [0.4, 0.5) is 20.2 Å². The zero-order valence-corrected chi connectivity index (χ0v) is 35.3. The molecule has 6 aromatic rings. The lowest BCUT2D eigenvalue weighted by Gasteiger charge is -2.12. The lowest BCUT2D eigenvalue weighted by Crippen LogP contribution is -2.31. The molecule has 6 rings (SSSR count). The van der Waals surface area contributed by atoms with E-state index in [1.165, 1.54) is 42.5 Å². The summed E-state index contributed by atoms with van der Waals surface area (Å²) in [4.78, 5) is 41.8. The fraction of sp³-hybridized carbons (Fsp3) is 0.104. The first-order valence-electron chi connectivity index (χ1n) is 19.3. The number of amides is 3. The Labute approximate surface area is 368 Å². The summed E-state index contributed by atoms with van der Waals surface area (Å²) in [7, 11) is -4.16. The second-order valence-corrected chi connectivity index (χ2v) is 15.7. The molecule has 3 amide bonds. The first-order valence-corrected chi connectivity index (χ1v) is 21.5. The van der Waals surface area contributed by atoms with Gasteiger partial charge in [-0.15, -0.1) is 9.32 Å². The van der Waals surface area contributed by atoms with Crippen LogP contribution in [0.25, 0.3) is 0 Å². The molecule has 0 aliphatic carbocycles. The second-order valence-electron chi connectivity index (χ2n) is 13.3. The van der Waals surface area contributed by atoms with E-state index >= 15 is 0 Å². The smallest absolute Gasteiger partial charge is 0.266 e. The average Bonchev–Trinajstić information content (AvgIpc) is 3.28. The fourth-order valence-corrected chi connectivity index (χ4v) is 7.15. The van der Waals surface area contributed by atoms with E-state index in [2.05, 4.69) is 48.4 Å². The number of unbranched alkanes of at least 4 members (excludes halogenated alkanes) is 2. The van der Waals surface area contributed by atoms with Crippen LogP contribution in [0.15, 0.2) is 155 Å². The minimum absolute atomic E-state index is 0.0568. The Hall–Kier alpha value is -7.11. The van der Waals surface area contributed by atoms with Crippen LogP contribution in [0.3, 0.4) is 0 Å². The van der Waals surface area contributed by atoms with Gasteiger partial charge in [-0.25, -0.2) is 21.9 Å². The monoisotopic (exact) mass is 886 g/mol. The molecule has 11 nitrogen and oxygen atoms in total. The topological polar surface area (TPSA) is 166 Å². The number of hydrogen-bond donors (Lipinski definition) is 4. The molecule has 0 fully saturated rings. The molecule has 0 heterocycles. The van der Waals surface area contributed by atoms with Gasteiger partial charge in [0.2, 0.25) is 5.91 Å². The number of nitrogens with two attached hydrogens (primary N) is 1. The Morgan fingerprint density at radius 3 is 1.63 bits per heavy atom. The normalized spacial score (nSPS) is 10.4. The summed E-state index contributed by atoms with van der Waals surface area (Å²) in [5.74, 6) is 14.3. The molecule has 0 aromatic heterocycles. The maximum atomic E-state index is 13.3. The molecule has 0 aliphatic rings. The average molecular weight is 887 g/mol. The van der Waals surface area contributed by atoms with Gasteiger partial charge in [0.05, 0.1) is 28.3 Å². The molecule has 0 aliphatic heterocycles. The van der Waals surface area contributed by atoms with Gasteiger partial charge in [-0.3, -0.25) is 14.4 Å². The van der Waals surface area contributed by atoms with Crippen LogP contribution in [0, 0.1) is 35.3 Å². The first-order chi connectivity index (χ1) is 30.4. The van der Waals surface area contributed by atoms with Crippen molar-refractivity contribution in [3.05, 3.63) is 191 Å². The summed E-state index contributed by atoms with van der Waals surface area (Å²) in [5.41, 5.74) is 3.82. The van der Waals surface area contributed by atoms with E-state index in [-0.39, 0.29) is 40.1 Å². The first kappa shape index (κ1) is 46.9. The number of sulfonamides is 1. The molecule has 0 spiro atoms. The predicted molar refractivity (Wildman–Crippen MR) is 238 cm³/mol. The third-order valence-electron chi connectivity index (χ3n) is 8.62. The molecule has 0 saturated heterocycles. The van der Waals surface area contributed by atoms with Gasteiger partial charge < -0.3 is 10.6 Å². The number of carbonyl (C=O) groups is 3. The van der Waals surface area contributed by atoms with Gasteiger partial charge in [-0.05, 0) is 116 Å². The van der Waals surface area contributed by atoms with Gasteiger partial charge in [0.25, 0.3) is 21.8 Å². The number of nitrogens with one attached hydrogen (secondary N) is 3. The predicted octanol–water partition coefficient (Wildman–Crippen LogP) is 9.17. The highest BCUT2D eigenvalue weighted by molar-refractivity contribution is 7.94. The lowest BCUT2D eigenvalue weighted by molar-refractivity contribution is -0.195. The minimum atomic E-state index is -4.16. The number of halogens is 2. The summed E-state index contributed by atoms with van der Waals surface area (Å²) in [5, 5.41) is 5.40. The quantitative estimate of drug-likeness (QED) is 0.0291. The van der Waals surface area contributed by atoms with E-state index in [9.17, 15) is 31.6 Å². The SMILES string of the molecule is CCCCCC(=O)NS(=O)(=O)c1ccccc1NC(=O)c1ccc(C#Cc2cccc(F)c2)cc1.NOOSc1ccccc1NC(=O)c1ccc(C#Cc2cccc(F)c2)cc1. The summed E-state index contributed by atoms with van der Waals surface area (Å²) < 4.78 is 58.6. The van der Waals surface area contributed by atoms with E-state index in [4.69, 9.17) is 5.90 Å². The summed E-state index contributed by atoms with van der Waals surface area (Å²) >= 11 is 0.885. The van der Waals surface area contributed by atoms with E-state index in [0.717, 1.165) is 24.9 Å². The molecule has 0 unspecified atom stereocenters. The van der Waals surface area contributed by atoms with Gasteiger partial charge in [0.15, 0.2) is 0 Å². The highest BCUT2D eigenvalue weighted by Crippen LogP contribution is 2.28. The number of carbonyl (C=O) groups excluding carboxylic acids is 3. The van der Waals surface area contributed by atoms with Gasteiger partial charge in [-0.1, -0.05) is 79.8 Å². The van der Waals surface area contributed by atoms with Gasteiger partial charge >= 0.3 is 0 Å². The van der Waals surface area contributed by atoms with Crippen LogP contribution in [0.2, 0.25) is 0 Å². The van der Waals surface area contributed by atoms with Crippen LogP contribution in [-0.2, 0) is 24.1 Å². The third-order valence-corrected chi connectivity index (χ3v) is 10.7. The van der Waals surface area contributed by atoms with Crippen LogP contribution in [0.1, 0.15) is 75.6 Å². The Bertz CT molecular complexity index is 2780. The summed E-state index contributed by atoms with van der Waals surface area (Å²) in [6.07, 6.45) is 2.44. The van der Waals surface area contributed by atoms with Crippen molar-refractivity contribution >= 4 is 51.2 Å². The second kappa shape index (κ2) is 23.8. The molecular weight excluding hydrogens is 847 g/mol. The van der Waals surface area contributed by atoms with Crippen LogP contribution in [-0.4, -0.2) is 26.1 Å². The van der Waals surface area contributed by atoms with Crippen LogP contribution >= 0.6 is 12.0 Å². The summed E-state index contributed by atoms with van der Waals surface area (Å²) in [6.45, 7) is 1.99. The largest absolute Gasteiger partial charge is 0.321 e. The molecular formula is C48H40F2N4O7S2. The maximum absolute atomic E-state index is 13.3. The molecule has 6 aromatic carbocycles. The van der Waals surface area contributed by atoms with Gasteiger partial charge in [-0.2, -0.15) is 5.90 Å². The Morgan fingerprint density at radius 2 is 1.11 bits per heavy atom. The Kier molecular flexibility index (Phi) is 17.7. The molecule has 0 radical (unpaired) electrons. The van der Waals surface area contributed by atoms with Crippen molar-refractivity contribution in [1.82, 2.24) is 4.72 Å². The molecule has 0 atom stereocenters. The van der Waals surface area contributed by atoms with Crippen molar-refractivity contribution in [2.24, 2.45) is 5.90 Å². The highest BCUT2D eigenvalue weighted by atomic mass is 32.2. The summed E-state index contributed by atoms with van der Waals surface area (Å²) in [6, 6.07) is 38.1. The number of hydrogen-bond acceptors (Lipinski definition) is 9. The Morgan fingerprint density at radius 1 is 0.619 bits per heavy atom. The van der Waals surface area contributed by atoms with Crippen LogP contribution < -0.4 is 21.3 Å². The molecule has 5 N–H and O–H groups in total. The molecule has 0 bridgehead atoms. The van der Waals surface area contributed by atoms with Crippen molar-refractivity contribution < 1.29 is 40.9 Å². The number of benzene rings is 6. The molecule has 320 valence electrons. The van der Waals surface area contributed by atoms with Gasteiger partial charge in [0, 0.05) is 39.8 Å². The molecule has 0 saturated carbocycles. The van der Waals surface area contributed by atoms with Crippen molar-refractivity contribution in [1.29, 1.82) is 0 Å². The standard InChI is InChI=1S/C27H25FN2O4S.C21H15FN2O3S/c1-2-3-4-12-26(31)30-35(33,34)25-11-6-5-10-24(25)29-27(32)22-17-15-20(16-18-22)13-14-21-8-7-9-23(28)19-21;22-18-5-3-4-16(14-18)9-8-15-10-12-17(13-11-15)21(25)24-19-6-1-2-7-20(19)28-27-26-23/h5-11,15-19H,2-4,12H2,1H3,(H,29,32)(H,30,31);1-7,10-14H,23H2,(H,24,25). The van der Waals surface area contributed by atoms with Crippen molar-refractivity contribution in [3.8, 4) is 23.7 Å². The zero-order chi connectivity index (χ0) is 45.0. The molecule has 15 heteroatoms. The van der Waals surface area contributed by atoms with Crippen molar-refractivity contribution in [2.75, 3.05) is 10.6 Å². The van der Waals surface area contributed by atoms with E-state index < -0.39 is 21.8 Å². The number of anilines is 2. The lowest BCUT2D eigenvalue weighted by atomic mass is 10.1.